The standard InChI is InChI=1S/C19H26BrNO2/c1-13(2)23-17-11-21(12-17)19(22)10-15-6-4-3-5-14-9-16(20)7-8-18(14)15/h7-9,13,15,17H,3-6,10-12H2,1-2H3. The third-order valence-electron chi connectivity index (χ3n) is 4.88. The van der Waals surface area contributed by atoms with E-state index in [2.05, 4.69) is 34.1 Å². The van der Waals surface area contributed by atoms with Crippen molar-refractivity contribution in [3.05, 3.63) is 33.8 Å². The van der Waals surface area contributed by atoms with Crippen molar-refractivity contribution in [2.24, 2.45) is 0 Å². The lowest BCUT2D eigenvalue weighted by molar-refractivity contribution is -0.148. The molecule has 1 fully saturated rings. The highest BCUT2D eigenvalue weighted by Crippen LogP contribution is 2.35. The van der Waals surface area contributed by atoms with E-state index in [0.717, 1.165) is 30.4 Å². The molecule has 3 rings (SSSR count). The summed E-state index contributed by atoms with van der Waals surface area (Å²) in [4.78, 5) is 14.5. The van der Waals surface area contributed by atoms with E-state index in [4.69, 9.17) is 4.74 Å². The van der Waals surface area contributed by atoms with E-state index in [1.165, 1.54) is 24.0 Å². The highest BCUT2D eigenvalue weighted by Gasteiger charge is 2.33. The van der Waals surface area contributed by atoms with Crippen LogP contribution in [0.25, 0.3) is 0 Å². The second kappa shape index (κ2) is 7.35. The number of fused-ring (bicyclic) bond motifs is 1. The molecule has 1 unspecified atom stereocenters. The number of carbonyl (C=O) groups is 1. The van der Waals surface area contributed by atoms with Crippen LogP contribution in [0.4, 0.5) is 0 Å². The lowest BCUT2D eigenvalue weighted by Crippen LogP contribution is -2.55. The van der Waals surface area contributed by atoms with Crippen molar-refractivity contribution in [3.8, 4) is 0 Å². The quantitative estimate of drug-likeness (QED) is 0.730. The monoisotopic (exact) mass is 379 g/mol. The second-order valence-corrected chi connectivity index (χ2v) is 8.01. The molecular weight excluding hydrogens is 354 g/mol. The number of halogens is 1. The zero-order chi connectivity index (χ0) is 16.4. The number of hydrogen-bond donors (Lipinski definition) is 0. The maximum Gasteiger partial charge on any atom is 0.223 e. The molecule has 1 aliphatic carbocycles. The lowest BCUT2D eigenvalue weighted by atomic mass is 9.89. The first-order valence-electron chi connectivity index (χ1n) is 8.74. The number of rotatable bonds is 4. The second-order valence-electron chi connectivity index (χ2n) is 7.10. The Morgan fingerprint density at radius 1 is 1.35 bits per heavy atom. The molecule has 23 heavy (non-hydrogen) atoms. The van der Waals surface area contributed by atoms with Crippen molar-refractivity contribution in [2.75, 3.05) is 13.1 Å². The number of benzene rings is 1. The molecule has 2 aliphatic rings. The first kappa shape index (κ1) is 17.0. The summed E-state index contributed by atoms with van der Waals surface area (Å²) in [7, 11) is 0. The van der Waals surface area contributed by atoms with Gasteiger partial charge in [-0.05, 0) is 62.3 Å². The number of ether oxygens (including phenoxy) is 1. The molecule has 126 valence electrons. The molecule has 0 aromatic heterocycles. The van der Waals surface area contributed by atoms with Gasteiger partial charge >= 0.3 is 0 Å². The zero-order valence-electron chi connectivity index (χ0n) is 14.1. The average molecular weight is 380 g/mol. The predicted octanol–water partition coefficient (Wildman–Crippen LogP) is 4.29. The van der Waals surface area contributed by atoms with Gasteiger partial charge in [0.1, 0.15) is 0 Å². The first-order valence-corrected chi connectivity index (χ1v) is 9.54. The van der Waals surface area contributed by atoms with Gasteiger partial charge in [-0.15, -0.1) is 0 Å². The smallest absolute Gasteiger partial charge is 0.223 e. The lowest BCUT2D eigenvalue weighted by Gasteiger charge is -2.40. The van der Waals surface area contributed by atoms with Gasteiger partial charge in [-0.2, -0.15) is 0 Å². The van der Waals surface area contributed by atoms with Crippen molar-refractivity contribution in [2.45, 2.75) is 64.1 Å². The normalized spacial score (nSPS) is 21.7. The molecule has 1 heterocycles. The predicted molar refractivity (Wildman–Crippen MR) is 95.6 cm³/mol. The van der Waals surface area contributed by atoms with Gasteiger partial charge in [0.15, 0.2) is 0 Å². The van der Waals surface area contributed by atoms with Gasteiger partial charge < -0.3 is 9.64 Å². The summed E-state index contributed by atoms with van der Waals surface area (Å²) >= 11 is 3.57. The van der Waals surface area contributed by atoms with Gasteiger partial charge in [0.25, 0.3) is 0 Å². The highest BCUT2D eigenvalue weighted by atomic mass is 79.9. The Bertz CT molecular complexity index is 566. The maximum atomic E-state index is 12.6. The molecule has 1 aliphatic heterocycles. The molecule has 0 spiro atoms. The van der Waals surface area contributed by atoms with Crippen LogP contribution in [0.1, 0.15) is 56.6 Å². The minimum Gasteiger partial charge on any atom is -0.372 e. The van der Waals surface area contributed by atoms with Gasteiger partial charge in [-0.3, -0.25) is 4.79 Å². The van der Waals surface area contributed by atoms with Crippen LogP contribution in [0.5, 0.6) is 0 Å². The fraction of sp³-hybridized carbons (Fsp3) is 0.632. The largest absolute Gasteiger partial charge is 0.372 e. The van der Waals surface area contributed by atoms with Crippen LogP contribution in [0.2, 0.25) is 0 Å². The Hall–Kier alpha value is -0.870. The number of nitrogens with zero attached hydrogens (tertiary/aromatic N) is 1. The Morgan fingerprint density at radius 3 is 2.87 bits per heavy atom. The van der Waals surface area contributed by atoms with E-state index in [9.17, 15) is 4.79 Å². The summed E-state index contributed by atoms with van der Waals surface area (Å²) in [5, 5.41) is 0. The van der Waals surface area contributed by atoms with Crippen molar-refractivity contribution in [1.82, 2.24) is 4.90 Å². The first-order chi connectivity index (χ1) is 11.0. The topological polar surface area (TPSA) is 29.5 Å². The molecule has 1 atom stereocenters. The van der Waals surface area contributed by atoms with Crippen molar-refractivity contribution >= 4 is 21.8 Å². The van der Waals surface area contributed by atoms with Crippen LogP contribution in [0.15, 0.2) is 22.7 Å². The Labute approximate surface area is 147 Å². The van der Waals surface area contributed by atoms with Gasteiger partial charge in [0.2, 0.25) is 5.91 Å². The van der Waals surface area contributed by atoms with Crippen LogP contribution in [-0.4, -0.2) is 36.1 Å². The average Bonchev–Trinajstić information content (AvgIpc) is 2.64. The molecule has 0 radical (unpaired) electrons. The Kier molecular flexibility index (Phi) is 5.42. The summed E-state index contributed by atoms with van der Waals surface area (Å²) in [6.07, 6.45) is 5.81. The summed E-state index contributed by atoms with van der Waals surface area (Å²) in [5.41, 5.74) is 2.80. The molecule has 0 N–H and O–H groups in total. The maximum absolute atomic E-state index is 12.6. The van der Waals surface area contributed by atoms with E-state index in [1.807, 2.05) is 18.7 Å². The third kappa shape index (κ3) is 4.16. The van der Waals surface area contributed by atoms with Gasteiger partial charge in [0, 0.05) is 24.0 Å². The van der Waals surface area contributed by atoms with Crippen LogP contribution >= 0.6 is 15.9 Å². The molecule has 1 saturated heterocycles. The minimum absolute atomic E-state index is 0.233. The van der Waals surface area contributed by atoms with E-state index in [-0.39, 0.29) is 18.1 Å². The number of hydrogen-bond acceptors (Lipinski definition) is 2. The summed E-state index contributed by atoms with van der Waals surface area (Å²) < 4.78 is 6.89. The number of likely N-dealkylation sites (tertiary alicyclic amines) is 1. The zero-order valence-corrected chi connectivity index (χ0v) is 15.6. The third-order valence-corrected chi connectivity index (χ3v) is 5.37. The van der Waals surface area contributed by atoms with Crippen molar-refractivity contribution in [3.63, 3.8) is 0 Å². The molecule has 1 amide bonds. The molecular formula is C19H26BrNO2. The van der Waals surface area contributed by atoms with E-state index in [0.29, 0.717) is 12.3 Å². The number of aryl methyl sites for hydroxylation is 1. The molecule has 1 aromatic carbocycles. The summed E-state index contributed by atoms with van der Waals surface area (Å²) in [6, 6.07) is 6.55. The fourth-order valence-corrected chi connectivity index (χ4v) is 4.12. The van der Waals surface area contributed by atoms with Gasteiger partial charge in [0.05, 0.1) is 12.2 Å². The van der Waals surface area contributed by atoms with Gasteiger partial charge in [-0.25, -0.2) is 0 Å². The van der Waals surface area contributed by atoms with E-state index >= 15 is 0 Å². The molecule has 3 nitrogen and oxygen atoms in total. The molecule has 0 bridgehead atoms. The summed E-state index contributed by atoms with van der Waals surface area (Å²) in [5.74, 6) is 0.660. The molecule has 1 aromatic rings. The van der Waals surface area contributed by atoms with Crippen LogP contribution < -0.4 is 0 Å². The summed E-state index contributed by atoms with van der Waals surface area (Å²) in [6.45, 7) is 5.62. The highest BCUT2D eigenvalue weighted by molar-refractivity contribution is 9.10. The van der Waals surface area contributed by atoms with Crippen molar-refractivity contribution in [1.29, 1.82) is 0 Å². The molecule has 0 saturated carbocycles. The minimum atomic E-state index is 0.233. The van der Waals surface area contributed by atoms with Gasteiger partial charge in [-0.1, -0.05) is 28.4 Å². The van der Waals surface area contributed by atoms with Crippen LogP contribution in [0, 0.1) is 0 Å². The van der Waals surface area contributed by atoms with E-state index in [1.54, 1.807) is 0 Å². The van der Waals surface area contributed by atoms with E-state index < -0.39 is 0 Å². The number of amides is 1. The number of carbonyl (C=O) groups excluding carboxylic acids is 1. The fourth-order valence-electron chi connectivity index (χ4n) is 3.72. The molecule has 4 heteroatoms. The van der Waals surface area contributed by atoms with Crippen LogP contribution in [-0.2, 0) is 16.0 Å². The Balaban J connectivity index is 1.61. The van der Waals surface area contributed by atoms with Crippen LogP contribution in [0.3, 0.4) is 0 Å². The van der Waals surface area contributed by atoms with Crippen molar-refractivity contribution < 1.29 is 9.53 Å². The SMILES string of the molecule is CC(C)OC1CN(C(=O)CC2CCCCc3cc(Br)ccc32)C1. The Morgan fingerprint density at radius 2 is 2.13 bits per heavy atom.